The predicted octanol–water partition coefficient (Wildman–Crippen LogP) is 2.37. The molecule has 2 rings (SSSR count). The molecule has 0 saturated heterocycles. The van der Waals surface area contributed by atoms with Gasteiger partial charge in [0.1, 0.15) is 5.52 Å². The fourth-order valence-corrected chi connectivity index (χ4v) is 1.73. The Kier molecular flexibility index (Phi) is 2.81. The summed E-state index contributed by atoms with van der Waals surface area (Å²) < 4.78 is 2.01. The quantitative estimate of drug-likeness (QED) is 0.860. The number of nitrogens with two attached hydrogens (primary N) is 1. The molecular weight excluding hydrogens is 200 g/mol. The molecule has 0 bridgehead atoms. The summed E-state index contributed by atoms with van der Waals surface area (Å²) in [5, 5.41) is 0. The number of imidazole rings is 1. The smallest absolute Gasteiger partial charge is 0.202 e. The van der Waals surface area contributed by atoms with Crippen LogP contribution in [-0.4, -0.2) is 14.5 Å². The Hall–Kier alpha value is -1.58. The van der Waals surface area contributed by atoms with Gasteiger partial charge in [-0.15, -0.1) is 0 Å². The highest BCUT2D eigenvalue weighted by Crippen LogP contribution is 2.18. The van der Waals surface area contributed by atoms with Crippen molar-refractivity contribution in [3.8, 4) is 0 Å². The van der Waals surface area contributed by atoms with E-state index in [4.69, 9.17) is 5.73 Å². The molecule has 0 amide bonds. The molecule has 4 nitrogen and oxygen atoms in total. The second-order valence-electron chi connectivity index (χ2n) is 4.39. The lowest BCUT2D eigenvalue weighted by Crippen LogP contribution is -2.10. The maximum Gasteiger partial charge on any atom is 0.202 e. The third kappa shape index (κ3) is 1.87. The van der Waals surface area contributed by atoms with Gasteiger partial charge in [-0.1, -0.05) is 20.3 Å². The van der Waals surface area contributed by atoms with Gasteiger partial charge in [0.05, 0.1) is 0 Å². The molecule has 4 heteroatoms. The van der Waals surface area contributed by atoms with Gasteiger partial charge in [-0.2, -0.15) is 0 Å². The van der Waals surface area contributed by atoms with Crippen LogP contribution < -0.4 is 5.73 Å². The summed E-state index contributed by atoms with van der Waals surface area (Å²) in [6.45, 7) is 7.26. The summed E-state index contributed by atoms with van der Waals surface area (Å²) in [4.78, 5) is 8.82. The summed E-state index contributed by atoms with van der Waals surface area (Å²) in [7, 11) is 0. The number of aryl methyl sites for hydroxylation is 1. The van der Waals surface area contributed by atoms with E-state index in [1.165, 1.54) is 0 Å². The van der Waals surface area contributed by atoms with Gasteiger partial charge in [-0.25, -0.2) is 9.97 Å². The Labute approximate surface area is 95.5 Å². The van der Waals surface area contributed by atoms with Crippen LogP contribution in [0.1, 0.15) is 26.0 Å². The van der Waals surface area contributed by atoms with E-state index in [-0.39, 0.29) is 0 Å². The van der Waals surface area contributed by atoms with Gasteiger partial charge in [0.25, 0.3) is 0 Å². The highest BCUT2D eigenvalue weighted by molar-refractivity contribution is 5.74. The Balaban J connectivity index is 2.50. The van der Waals surface area contributed by atoms with E-state index in [2.05, 4.69) is 23.8 Å². The minimum Gasteiger partial charge on any atom is -0.369 e. The lowest BCUT2D eigenvalue weighted by molar-refractivity contribution is 0.478. The summed E-state index contributed by atoms with van der Waals surface area (Å²) in [5.74, 6) is 1.15. The molecule has 0 fully saturated rings. The Bertz CT molecular complexity index is 501. The molecule has 2 aromatic heterocycles. The molecular formula is C12H18N4. The van der Waals surface area contributed by atoms with Crippen LogP contribution in [0.15, 0.2) is 12.1 Å². The highest BCUT2D eigenvalue weighted by atomic mass is 15.2. The summed E-state index contributed by atoms with van der Waals surface area (Å²) in [6, 6.07) is 3.93. The summed E-state index contributed by atoms with van der Waals surface area (Å²) in [6.07, 6.45) is 1.13. The average Bonchev–Trinajstić information content (AvgIpc) is 2.55. The van der Waals surface area contributed by atoms with Crippen LogP contribution in [-0.2, 0) is 6.54 Å². The maximum atomic E-state index is 5.92. The van der Waals surface area contributed by atoms with E-state index in [9.17, 15) is 0 Å². The van der Waals surface area contributed by atoms with Crippen LogP contribution in [0.25, 0.3) is 11.2 Å². The van der Waals surface area contributed by atoms with Gasteiger partial charge in [0, 0.05) is 12.2 Å². The van der Waals surface area contributed by atoms with E-state index >= 15 is 0 Å². The molecule has 0 aliphatic rings. The SMILES string of the molecule is CCC(C)Cn1c(N)nc2ccc(C)nc21. The fourth-order valence-electron chi connectivity index (χ4n) is 1.73. The first-order valence-electron chi connectivity index (χ1n) is 5.71. The van der Waals surface area contributed by atoms with E-state index in [0.717, 1.165) is 29.8 Å². The maximum absolute atomic E-state index is 5.92. The molecule has 0 aromatic carbocycles. The first-order chi connectivity index (χ1) is 7.61. The Morgan fingerprint density at radius 3 is 2.81 bits per heavy atom. The van der Waals surface area contributed by atoms with Crippen LogP contribution >= 0.6 is 0 Å². The number of anilines is 1. The van der Waals surface area contributed by atoms with Crippen molar-refractivity contribution >= 4 is 17.1 Å². The minimum atomic E-state index is 0.563. The van der Waals surface area contributed by atoms with Crippen molar-refractivity contribution in [1.29, 1.82) is 0 Å². The van der Waals surface area contributed by atoms with Crippen LogP contribution in [0.3, 0.4) is 0 Å². The fraction of sp³-hybridized carbons (Fsp3) is 0.500. The van der Waals surface area contributed by atoms with E-state index < -0.39 is 0 Å². The number of nitrogen functional groups attached to an aromatic ring is 1. The van der Waals surface area contributed by atoms with E-state index in [0.29, 0.717) is 11.9 Å². The molecule has 2 aromatic rings. The zero-order valence-electron chi connectivity index (χ0n) is 10.1. The number of pyridine rings is 1. The standard InChI is InChI=1S/C12H18N4/c1-4-8(2)7-16-11-10(15-12(16)13)6-5-9(3)14-11/h5-6,8H,4,7H2,1-3H3,(H2,13,15). The number of nitrogens with zero attached hydrogens (tertiary/aromatic N) is 3. The van der Waals surface area contributed by atoms with Crippen molar-refractivity contribution in [2.24, 2.45) is 5.92 Å². The molecule has 1 unspecified atom stereocenters. The van der Waals surface area contributed by atoms with Crippen molar-refractivity contribution in [2.75, 3.05) is 5.73 Å². The van der Waals surface area contributed by atoms with Crippen molar-refractivity contribution in [1.82, 2.24) is 14.5 Å². The number of hydrogen-bond acceptors (Lipinski definition) is 3. The van der Waals surface area contributed by atoms with E-state index in [1.54, 1.807) is 0 Å². The lowest BCUT2D eigenvalue weighted by Gasteiger charge is -2.11. The zero-order valence-corrected chi connectivity index (χ0v) is 10.1. The monoisotopic (exact) mass is 218 g/mol. The normalized spacial score (nSPS) is 13.2. The van der Waals surface area contributed by atoms with Crippen molar-refractivity contribution in [3.05, 3.63) is 17.8 Å². The molecule has 2 heterocycles. The second-order valence-corrected chi connectivity index (χ2v) is 4.39. The van der Waals surface area contributed by atoms with Crippen molar-refractivity contribution in [2.45, 2.75) is 33.7 Å². The zero-order chi connectivity index (χ0) is 11.7. The molecule has 0 saturated carbocycles. The predicted molar refractivity (Wildman–Crippen MR) is 66.1 cm³/mol. The first kappa shape index (κ1) is 10.9. The molecule has 0 spiro atoms. The number of hydrogen-bond donors (Lipinski definition) is 1. The highest BCUT2D eigenvalue weighted by Gasteiger charge is 2.11. The van der Waals surface area contributed by atoms with Crippen LogP contribution in [0, 0.1) is 12.8 Å². The topological polar surface area (TPSA) is 56.7 Å². The third-order valence-corrected chi connectivity index (χ3v) is 2.95. The molecule has 1 atom stereocenters. The van der Waals surface area contributed by atoms with Gasteiger partial charge in [-0.3, -0.25) is 4.57 Å². The van der Waals surface area contributed by atoms with Crippen LogP contribution in [0.5, 0.6) is 0 Å². The van der Waals surface area contributed by atoms with Gasteiger partial charge in [0.2, 0.25) is 5.95 Å². The van der Waals surface area contributed by atoms with Crippen molar-refractivity contribution in [3.63, 3.8) is 0 Å². The van der Waals surface area contributed by atoms with Gasteiger partial charge < -0.3 is 5.73 Å². The lowest BCUT2D eigenvalue weighted by atomic mass is 10.1. The molecule has 86 valence electrons. The molecule has 0 aliphatic carbocycles. The summed E-state index contributed by atoms with van der Waals surface area (Å²) >= 11 is 0. The number of aromatic nitrogens is 3. The average molecular weight is 218 g/mol. The third-order valence-electron chi connectivity index (χ3n) is 2.95. The largest absolute Gasteiger partial charge is 0.369 e. The van der Waals surface area contributed by atoms with Gasteiger partial charge in [-0.05, 0) is 25.0 Å². The molecule has 0 radical (unpaired) electrons. The van der Waals surface area contributed by atoms with Crippen LogP contribution in [0.2, 0.25) is 0 Å². The number of rotatable bonds is 3. The first-order valence-corrected chi connectivity index (χ1v) is 5.71. The Morgan fingerprint density at radius 1 is 1.38 bits per heavy atom. The molecule has 16 heavy (non-hydrogen) atoms. The van der Waals surface area contributed by atoms with Crippen molar-refractivity contribution < 1.29 is 0 Å². The minimum absolute atomic E-state index is 0.563. The number of fused-ring (bicyclic) bond motifs is 1. The van der Waals surface area contributed by atoms with Crippen LogP contribution in [0.4, 0.5) is 5.95 Å². The van der Waals surface area contributed by atoms with E-state index in [1.807, 2.05) is 23.6 Å². The second kappa shape index (κ2) is 4.12. The molecule has 2 N–H and O–H groups in total. The van der Waals surface area contributed by atoms with Gasteiger partial charge >= 0.3 is 0 Å². The van der Waals surface area contributed by atoms with Gasteiger partial charge in [0.15, 0.2) is 5.65 Å². The molecule has 0 aliphatic heterocycles. The summed E-state index contributed by atoms with van der Waals surface area (Å²) in [5.41, 5.74) is 8.70. The Morgan fingerprint density at radius 2 is 2.12 bits per heavy atom.